The van der Waals surface area contributed by atoms with Crippen molar-refractivity contribution in [2.24, 2.45) is 0 Å². The number of rotatable bonds is 5. The molecule has 0 aliphatic carbocycles. The van der Waals surface area contributed by atoms with E-state index in [1.165, 1.54) is 42.6 Å². The highest BCUT2D eigenvalue weighted by molar-refractivity contribution is 7.91. The summed E-state index contributed by atoms with van der Waals surface area (Å²) in [6.07, 6.45) is 1.71. The van der Waals surface area contributed by atoms with E-state index in [1.807, 2.05) is 0 Å². The van der Waals surface area contributed by atoms with Crippen LogP contribution in [0.2, 0.25) is 5.02 Å². The summed E-state index contributed by atoms with van der Waals surface area (Å²) in [5, 5.41) is -1.27. The Labute approximate surface area is 159 Å². The van der Waals surface area contributed by atoms with Crippen molar-refractivity contribution in [3.63, 3.8) is 0 Å². The van der Waals surface area contributed by atoms with Crippen LogP contribution in [0.15, 0.2) is 65.7 Å². The van der Waals surface area contributed by atoms with Crippen LogP contribution < -0.4 is 0 Å². The molecule has 0 aliphatic heterocycles. The number of carbonyl (C=O) groups is 1. The summed E-state index contributed by atoms with van der Waals surface area (Å²) in [6, 6.07) is 10.6. The van der Waals surface area contributed by atoms with E-state index in [2.05, 4.69) is 4.98 Å². The van der Waals surface area contributed by atoms with Crippen LogP contribution in [0.25, 0.3) is 0 Å². The van der Waals surface area contributed by atoms with E-state index < -0.39 is 26.7 Å². The molecule has 0 aliphatic rings. The van der Waals surface area contributed by atoms with Crippen molar-refractivity contribution in [1.29, 1.82) is 0 Å². The zero-order valence-corrected chi connectivity index (χ0v) is 15.2. The third-order valence-corrected chi connectivity index (χ3v) is 6.20. The smallest absolute Gasteiger partial charge is 0.191 e. The number of halogens is 3. The number of pyridine rings is 1. The lowest BCUT2D eigenvalue weighted by atomic mass is 10.1. The number of hydrogen-bond donors (Lipinski definition) is 0. The molecule has 0 amide bonds. The van der Waals surface area contributed by atoms with Gasteiger partial charge in [0.2, 0.25) is 0 Å². The van der Waals surface area contributed by atoms with E-state index in [-0.39, 0.29) is 21.7 Å². The third-order valence-electron chi connectivity index (χ3n) is 3.91. The van der Waals surface area contributed by atoms with Gasteiger partial charge in [0.05, 0.1) is 10.6 Å². The molecule has 1 aromatic heterocycles. The molecule has 27 heavy (non-hydrogen) atoms. The molecule has 4 nitrogen and oxygen atoms in total. The molecule has 138 valence electrons. The summed E-state index contributed by atoms with van der Waals surface area (Å²) in [7, 11) is -4.20. The van der Waals surface area contributed by atoms with Gasteiger partial charge < -0.3 is 0 Å². The van der Waals surface area contributed by atoms with Gasteiger partial charge in [-0.05, 0) is 54.6 Å². The molecular formula is C19H12ClF2NO3S. The Morgan fingerprint density at radius 3 is 2.30 bits per heavy atom. The predicted octanol–water partition coefficient (Wildman–Crippen LogP) is 4.39. The second-order valence-electron chi connectivity index (χ2n) is 5.68. The van der Waals surface area contributed by atoms with Gasteiger partial charge in [0.25, 0.3) is 0 Å². The molecule has 0 N–H and O–H groups in total. The minimum absolute atomic E-state index is 0.0416. The van der Waals surface area contributed by atoms with E-state index in [9.17, 15) is 22.0 Å². The van der Waals surface area contributed by atoms with Crippen LogP contribution >= 0.6 is 11.6 Å². The number of hydrogen-bond acceptors (Lipinski definition) is 4. The molecule has 1 heterocycles. The molecule has 0 spiro atoms. The van der Waals surface area contributed by atoms with Crippen LogP contribution in [-0.4, -0.2) is 19.7 Å². The van der Waals surface area contributed by atoms with Crippen molar-refractivity contribution in [2.75, 3.05) is 0 Å². The number of sulfone groups is 1. The molecule has 0 saturated carbocycles. The molecule has 3 rings (SSSR count). The molecule has 0 radical (unpaired) electrons. The highest BCUT2D eigenvalue weighted by Crippen LogP contribution is 2.36. The fraction of sp³-hybridized carbons (Fsp3) is 0.0526. The van der Waals surface area contributed by atoms with Gasteiger partial charge >= 0.3 is 0 Å². The number of aldehydes is 1. The highest BCUT2D eigenvalue weighted by atomic mass is 35.5. The largest absolute Gasteiger partial charge is 0.298 e. The van der Waals surface area contributed by atoms with Crippen molar-refractivity contribution in [2.45, 2.75) is 10.1 Å². The lowest BCUT2D eigenvalue weighted by Crippen LogP contribution is -2.18. The fourth-order valence-corrected chi connectivity index (χ4v) is 4.49. The zero-order valence-electron chi connectivity index (χ0n) is 13.6. The topological polar surface area (TPSA) is 64.1 Å². The summed E-state index contributed by atoms with van der Waals surface area (Å²) in [5.41, 5.74) is -0.197. The third kappa shape index (κ3) is 3.89. The average molecular weight is 408 g/mol. The summed E-state index contributed by atoms with van der Waals surface area (Å²) < 4.78 is 54.6. The molecule has 1 unspecified atom stereocenters. The molecule has 0 fully saturated rings. The van der Waals surface area contributed by atoms with Crippen molar-refractivity contribution >= 4 is 27.7 Å². The molecule has 0 bridgehead atoms. The molecule has 2 aromatic carbocycles. The summed E-state index contributed by atoms with van der Waals surface area (Å²) in [4.78, 5) is 14.7. The van der Waals surface area contributed by atoms with Gasteiger partial charge in [-0.2, -0.15) is 0 Å². The number of aromatic nitrogens is 1. The Hall–Kier alpha value is -2.64. The molecule has 0 saturated heterocycles. The number of nitrogens with zero attached hydrogens (tertiary/aromatic N) is 1. The summed E-state index contributed by atoms with van der Waals surface area (Å²) in [6.45, 7) is 0. The standard InChI is InChI=1S/C19H12ClF2NO3S/c20-13-2-5-15(6-3-13)27(25,26)19(16-9-14(21)4-7-17(16)22)18-8-1-12(11-24)10-23-18/h1-11,19H. The Bertz CT molecular complexity index is 1080. The first-order chi connectivity index (χ1) is 12.8. The normalized spacial score (nSPS) is 12.6. The lowest BCUT2D eigenvalue weighted by Gasteiger charge is -2.19. The minimum Gasteiger partial charge on any atom is -0.298 e. The number of benzene rings is 2. The first-order valence-corrected chi connectivity index (χ1v) is 9.61. The van der Waals surface area contributed by atoms with Gasteiger partial charge in [-0.25, -0.2) is 17.2 Å². The molecule has 1 atom stereocenters. The van der Waals surface area contributed by atoms with Crippen molar-refractivity contribution in [3.8, 4) is 0 Å². The second-order valence-corrected chi connectivity index (χ2v) is 8.15. The minimum atomic E-state index is -4.20. The average Bonchev–Trinajstić information content (AvgIpc) is 2.65. The van der Waals surface area contributed by atoms with Gasteiger partial charge in [0.15, 0.2) is 16.1 Å². The molecular weight excluding hydrogens is 396 g/mol. The van der Waals surface area contributed by atoms with Crippen LogP contribution in [-0.2, 0) is 9.84 Å². The van der Waals surface area contributed by atoms with Crippen LogP contribution in [0.3, 0.4) is 0 Å². The first kappa shape index (κ1) is 19.1. The Morgan fingerprint density at radius 1 is 1.00 bits per heavy atom. The predicted molar refractivity (Wildman–Crippen MR) is 96.5 cm³/mol. The van der Waals surface area contributed by atoms with Crippen molar-refractivity contribution < 1.29 is 22.0 Å². The zero-order chi connectivity index (χ0) is 19.6. The van der Waals surface area contributed by atoms with Gasteiger partial charge in [0.1, 0.15) is 16.9 Å². The van der Waals surface area contributed by atoms with E-state index in [0.29, 0.717) is 11.3 Å². The van der Waals surface area contributed by atoms with Crippen molar-refractivity contribution in [3.05, 3.63) is 94.3 Å². The number of carbonyl (C=O) groups excluding carboxylic acids is 1. The second kappa shape index (κ2) is 7.54. The summed E-state index contributed by atoms with van der Waals surface area (Å²) >= 11 is 5.80. The van der Waals surface area contributed by atoms with E-state index in [1.54, 1.807) is 0 Å². The van der Waals surface area contributed by atoms with E-state index in [4.69, 9.17) is 11.6 Å². The fourth-order valence-electron chi connectivity index (χ4n) is 2.60. The van der Waals surface area contributed by atoms with Crippen molar-refractivity contribution in [1.82, 2.24) is 4.98 Å². The Balaban J connectivity index is 2.24. The Kier molecular flexibility index (Phi) is 5.34. The first-order valence-electron chi connectivity index (χ1n) is 7.68. The maximum Gasteiger partial charge on any atom is 0.191 e. The lowest BCUT2D eigenvalue weighted by molar-refractivity contribution is 0.112. The van der Waals surface area contributed by atoms with Crippen LogP contribution in [0.4, 0.5) is 8.78 Å². The molecule has 8 heteroatoms. The maximum absolute atomic E-state index is 14.4. The van der Waals surface area contributed by atoms with E-state index >= 15 is 0 Å². The van der Waals surface area contributed by atoms with Crippen LogP contribution in [0.1, 0.15) is 26.9 Å². The van der Waals surface area contributed by atoms with Gasteiger partial charge in [-0.3, -0.25) is 9.78 Å². The van der Waals surface area contributed by atoms with Gasteiger partial charge in [0, 0.05) is 22.3 Å². The van der Waals surface area contributed by atoms with Gasteiger partial charge in [-0.15, -0.1) is 0 Å². The van der Waals surface area contributed by atoms with Crippen LogP contribution in [0, 0.1) is 11.6 Å². The van der Waals surface area contributed by atoms with E-state index in [0.717, 1.165) is 18.2 Å². The van der Waals surface area contributed by atoms with Crippen LogP contribution in [0.5, 0.6) is 0 Å². The monoisotopic (exact) mass is 407 g/mol. The summed E-state index contributed by atoms with van der Waals surface area (Å²) in [5.74, 6) is -1.67. The van der Waals surface area contributed by atoms with Gasteiger partial charge in [-0.1, -0.05) is 11.6 Å². The Morgan fingerprint density at radius 2 is 1.70 bits per heavy atom. The maximum atomic E-state index is 14.4. The molecule has 3 aromatic rings. The highest BCUT2D eigenvalue weighted by Gasteiger charge is 2.34. The SMILES string of the molecule is O=Cc1ccc(C(c2cc(F)ccc2F)S(=O)(=O)c2ccc(Cl)cc2)nc1. The quantitative estimate of drug-likeness (QED) is 0.588.